The van der Waals surface area contributed by atoms with Crippen LogP contribution in [0.5, 0.6) is 5.75 Å². The Morgan fingerprint density at radius 2 is 2.15 bits per heavy atom. The number of fused-ring (bicyclic) bond motifs is 2. The molecule has 0 radical (unpaired) electrons. The van der Waals surface area contributed by atoms with Gasteiger partial charge in [-0.15, -0.1) is 0 Å². The summed E-state index contributed by atoms with van der Waals surface area (Å²) in [5.74, 6) is 2.49. The normalized spacial score (nSPS) is 27.4. The van der Waals surface area contributed by atoms with Crippen molar-refractivity contribution in [3.8, 4) is 5.75 Å². The van der Waals surface area contributed by atoms with E-state index in [0.717, 1.165) is 29.0 Å². The molecule has 0 aromatic heterocycles. The maximum Gasteiger partial charge on any atom is 0.221 e. The van der Waals surface area contributed by atoms with Gasteiger partial charge in [0.05, 0.1) is 12.8 Å². The summed E-state index contributed by atoms with van der Waals surface area (Å²) in [5, 5.41) is 6.45. The highest BCUT2D eigenvalue weighted by Crippen LogP contribution is 2.46. The first-order valence-electron chi connectivity index (χ1n) is 7.38. The highest BCUT2D eigenvalue weighted by Gasteiger charge is 2.39. The predicted molar refractivity (Wildman–Crippen MR) is 80.2 cm³/mol. The summed E-state index contributed by atoms with van der Waals surface area (Å²) in [5.41, 5.74) is 1.79. The lowest BCUT2D eigenvalue weighted by Crippen LogP contribution is -2.26. The maximum atomic E-state index is 11.2. The SMILES string of the molecule is COc1ccc(NC(C)=O)cc1NC1CC2CCC1C2. The van der Waals surface area contributed by atoms with Crippen molar-refractivity contribution in [2.45, 2.75) is 38.6 Å². The molecule has 1 amide bonds. The van der Waals surface area contributed by atoms with Crippen LogP contribution in [0.25, 0.3) is 0 Å². The minimum Gasteiger partial charge on any atom is -0.495 e. The topological polar surface area (TPSA) is 50.4 Å². The smallest absolute Gasteiger partial charge is 0.221 e. The molecule has 3 unspecified atom stereocenters. The minimum absolute atomic E-state index is 0.0546. The highest BCUT2D eigenvalue weighted by atomic mass is 16.5. The van der Waals surface area contributed by atoms with Gasteiger partial charge in [0.25, 0.3) is 0 Å². The summed E-state index contributed by atoms with van der Waals surface area (Å²) in [7, 11) is 1.68. The Labute approximate surface area is 119 Å². The van der Waals surface area contributed by atoms with Gasteiger partial charge in [-0.1, -0.05) is 6.42 Å². The van der Waals surface area contributed by atoms with E-state index in [1.54, 1.807) is 7.11 Å². The van der Waals surface area contributed by atoms with Crippen molar-refractivity contribution in [1.82, 2.24) is 0 Å². The lowest BCUT2D eigenvalue weighted by atomic mass is 9.95. The average molecular weight is 274 g/mol. The summed E-state index contributed by atoms with van der Waals surface area (Å²) < 4.78 is 5.42. The third-order valence-corrected chi connectivity index (χ3v) is 4.60. The number of methoxy groups -OCH3 is 1. The van der Waals surface area contributed by atoms with Crippen LogP contribution in [0.4, 0.5) is 11.4 Å². The van der Waals surface area contributed by atoms with Crippen molar-refractivity contribution in [2.75, 3.05) is 17.7 Å². The Morgan fingerprint density at radius 3 is 2.75 bits per heavy atom. The summed E-state index contributed by atoms with van der Waals surface area (Å²) in [6, 6.07) is 6.29. The van der Waals surface area contributed by atoms with Crippen molar-refractivity contribution in [3.05, 3.63) is 18.2 Å². The van der Waals surface area contributed by atoms with E-state index in [1.807, 2.05) is 18.2 Å². The fourth-order valence-electron chi connectivity index (χ4n) is 3.72. The van der Waals surface area contributed by atoms with Crippen LogP contribution in [0.15, 0.2) is 18.2 Å². The Bertz CT molecular complexity index is 515. The second-order valence-corrected chi connectivity index (χ2v) is 6.02. The Kier molecular flexibility index (Phi) is 3.55. The van der Waals surface area contributed by atoms with Gasteiger partial charge < -0.3 is 15.4 Å². The van der Waals surface area contributed by atoms with Crippen LogP contribution in [0.3, 0.4) is 0 Å². The fourth-order valence-corrected chi connectivity index (χ4v) is 3.72. The number of anilines is 2. The fraction of sp³-hybridized carbons (Fsp3) is 0.562. The van der Waals surface area contributed by atoms with Crippen molar-refractivity contribution in [1.29, 1.82) is 0 Å². The molecule has 108 valence electrons. The Balaban J connectivity index is 1.77. The molecule has 0 spiro atoms. The molecule has 2 bridgehead atoms. The van der Waals surface area contributed by atoms with Crippen LogP contribution < -0.4 is 15.4 Å². The van der Waals surface area contributed by atoms with E-state index >= 15 is 0 Å². The van der Waals surface area contributed by atoms with Crippen LogP contribution in [0.1, 0.15) is 32.6 Å². The number of nitrogens with one attached hydrogen (secondary N) is 2. The monoisotopic (exact) mass is 274 g/mol. The molecule has 0 saturated heterocycles. The molecule has 0 aliphatic heterocycles. The van der Waals surface area contributed by atoms with Crippen LogP contribution in [-0.2, 0) is 4.79 Å². The first kappa shape index (κ1) is 13.3. The van der Waals surface area contributed by atoms with Crippen LogP contribution in [0.2, 0.25) is 0 Å². The molecule has 2 saturated carbocycles. The van der Waals surface area contributed by atoms with Gasteiger partial charge in [-0.25, -0.2) is 0 Å². The third kappa shape index (κ3) is 2.60. The molecular weight excluding hydrogens is 252 g/mol. The Morgan fingerprint density at radius 1 is 1.30 bits per heavy atom. The zero-order chi connectivity index (χ0) is 14.1. The van der Waals surface area contributed by atoms with E-state index in [-0.39, 0.29) is 5.91 Å². The largest absolute Gasteiger partial charge is 0.495 e. The maximum absolute atomic E-state index is 11.2. The summed E-state index contributed by atoms with van der Waals surface area (Å²) >= 11 is 0. The number of ether oxygens (including phenoxy) is 1. The number of hydrogen-bond acceptors (Lipinski definition) is 3. The molecule has 4 heteroatoms. The molecule has 3 rings (SSSR count). The van der Waals surface area contributed by atoms with Gasteiger partial charge in [0, 0.05) is 18.7 Å². The summed E-state index contributed by atoms with van der Waals surface area (Å²) in [4.78, 5) is 11.2. The van der Waals surface area contributed by atoms with Gasteiger partial charge in [0.1, 0.15) is 5.75 Å². The van der Waals surface area contributed by atoms with Crippen LogP contribution >= 0.6 is 0 Å². The molecule has 0 heterocycles. The number of carbonyl (C=O) groups is 1. The number of benzene rings is 1. The second-order valence-electron chi connectivity index (χ2n) is 6.02. The highest BCUT2D eigenvalue weighted by molar-refractivity contribution is 5.89. The molecule has 20 heavy (non-hydrogen) atoms. The van der Waals surface area contributed by atoms with Gasteiger partial charge in [-0.2, -0.15) is 0 Å². The molecule has 1 aromatic carbocycles. The first-order chi connectivity index (χ1) is 9.65. The lowest BCUT2D eigenvalue weighted by Gasteiger charge is -2.25. The first-order valence-corrected chi connectivity index (χ1v) is 7.38. The molecule has 2 aliphatic rings. The van der Waals surface area contributed by atoms with Crippen LogP contribution in [-0.4, -0.2) is 19.1 Å². The zero-order valence-corrected chi connectivity index (χ0v) is 12.1. The minimum atomic E-state index is -0.0546. The molecular formula is C16H22N2O2. The molecule has 2 N–H and O–H groups in total. The van der Waals surface area contributed by atoms with Gasteiger partial charge in [-0.3, -0.25) is 4.79 Å². The summed E-state index contributed by atoms with van der Waals surface area (Å²) in [6.45, 7) is 1.52. The van der Waals surface area contributed by atoms with Gasteiger partial charge in [0.2, 0.25) is 5.91 Å². The van der Waals surface area contributed by atoms with Crippen molar-refractivity contribution >= 4 is 17.3 Å². The predicted octanol–water partition coefficient (Wildman–Crippen LogP) is 3.25. The molecule has 4 nitrogen and oxygen atoms in total. The Hall–Kier alpha value is -1.71. The van der Waals surface area contributed by atoms with Gasteiger partial charge in [0.15, 0.2) is 0 Å². The van der Waals surface area contributed by atoms with Crippen molar-refractivity contribution in [3.63, 3.8) is 0 Å². The van der Waals surface area contributed by atoms with E-state index in [9.17, 15) is 4.79 Å². The zero-order valence-electron chi connectivity index (χ0n) is 12.1. The van der Waals surface area contributed by atoms with E-state index in [0.29, 0.717) is 6.04 Å². The second kappa shape index (κ2) is 5.35. The number of amides is 1. The molecule has 3 atom stereocenters. The van der Waals surface area contributed by atoms with Crippen LogP contribution in [0, 0.1) is 11.8 Å². The third-order valence-electron chi connectivity index (χ3n) is 4.60. The van der Waals surface area contributed by atoms with Crippen molar-refractivity contribution in [2.24, 2.45) is 11.8 Å². The number of carbonyl (C=O) groups excluding carboxylic acids is 1. The summed E-state index contributed by atoms with van der Waals surface area (Å²) in [6.07, 6.45) is 5.37. The molecule has 2 aliphatic carbocycles. The quantitative estimate of drug-likeness (QED) is 0.886. The number of hydrogen-bond donors (Lipinski definition) is 2. The van der Waals surface area contributed by atoms with E-state index in [1.165, 1.54) is 32.6 Å². The number of rotatable bonds is 4. The van der Waals surface area contributed by atoms with E-state index < -0.39 is 0 Å². The van der Waals surface area contributed by atoms with Crippen molar-refractivity contribution < 1.29 is 9.53 Å². The van der Waals surface area contributed by atoms with Gasteiger partial charge in [-0.05, 0) is 49.3 Å². The standard InChI is InChI=1S/C16H22N2O2/c1-10(19)17-13-5-6-16(20-2)15(9-13)18-14-8-11-3-4-12(14)7-11/h5-6,9,11-12,14,18H,3-4,7-8H2,1-2H3,(H,17,19). The molecule has 1 aromatic rings. The lowest BCUT2D eigenvalue weighted by molar-refractivity contribution is -0.114. The molecule has 2 fully saturated rings. The van der Waals surface area contributed by atoms with E-state index in [4.69, 9.17) is 4.74 Å². The van der Waals surface area contributed by atoms with Gasteiger partial charge >= 0.3 is 0 Å². The van der Waals surface area contributed by atoms with E-state index in [2.05, 4.69) is 10.6 Å². The average Bonchev–Trinajstić information content (AvgIpc) is 3.00.